The molecule has 0 aromatic heterocycles. The number of halogens is 4. The van der Waals surface area contributed by atoms with E-state index in [1.165, 1.54) is 18.7 Å². The van der Waals surface area contributed by atoms with Crippen LogP contribution in [-0.2, 0) is 15.8 Å². The number of aliphatic carboxylic acids is 1. The molecule has 0 spiro atoms. The minimum Gasteiger partial charge on any atom is -0.491 e. The van der Waals surface area contributed by atoms with E-state index < -0.39 is 40.8 Å². The molecule has 12 heteroatoms. The molecular weight excluding hydrogens is 556 g/mol. The van der Waals surface area contributed by atoms with Gasteiger partial charge >= 0.3 is 5.97 Å². The van der Waals surface area contributed by atoms with Crippen molar-refractivity contribution in [1.29, 1.82) is 0 Å². The van der Waals surface area contributed by atoms with E-state index in [9.17, 15) is 31.7 Å². The predicted molar refractivity (Wildman–Crippen MR) is 144 cm³/mol. The first-order chi connectivity index (χ1) is 18.2. The Kier molecular flexibility index (Phi) is 8.87. The van der Waals surface area contributed by atoms with Crippen molar-refractivity contribution in [2.75, 3.05) is 25.1 Å². The number of hydrogen-bond donors (Lipinski definition) is 1. The molecule has 0 bridgehead atoms. The molecule has 4 rings (SSSR count). The van der Waals surface area contributed by atoms with Crippen LogP contribution >= 0.6 is 11.8 Å². The maximum absolute atomic E-state index is 13.8. The van der Waals surface area contributed by atoms with Gasteiger partial charge in [-0.25, -0.2) is 26.1 Å². The summed E-state index contributed by atoms with van der Waals surface area (Å²) in [4.78, 5) is 14.2. The first kappa shape index (κ1) is 29.7. The second-order valence-electron chi connectivity index (χ2n) is 10.3. The van der Waals surface area contributed by atoms with Crippen LogP contribution in [0.3, 0.4) is 0 Å². The lowest BCUT2D eigenvalue weighted by Crippen LogP contribution is -2.39. The number of carbonyl (C=O) groups is 1. The summed E-state index contributed by atoms with van der Waals surface area (Å²) in [6, 6.07) is 12.1. The Morgan fingerprint density at radius 3 is 2.51 bits per heavy atom. The number of rotatable bonds is 10. The largest absolute Gasteiger partial charge is 0.491 e. The summed E-state index contributed by atoms with van der Waals surface area (Å²) in [7, 11) is -0.139. The Morgan fingerprint density at radius 2 is 1.92 bits per heavy atom. The zero-order chi connectivity index (χ0) is 28.5. The maximum Gasteiger partial charge on any atom is 0.309 e. The highest BCUT2D eigenvalue weighted by Gasteiger charge is 2.46. The lowest BCUT2D eigenvalue weighted by Gasteiger charge is -2.35. The monoisotopic (exact) mass is 588 g/mol. The van der Waals surface area contributed by atoms with Gasteiger partial charge in [0, 0.05) is 55.9 Å². The Hall–Kier alpha value is -2.31. The quantitative estimate of drug-likeness (QED) is 0.316. The number of likely N-dealkylation sites (N-methyl/N-ethyl adjacent to an activating group) is 1. The summed E-state index contributed by atoms with van der Waals surface area (Å²) in [5.41, 5.74) is 1.32. The standard InChI is InChI=1S/C27H32F4N2O4S2/c1-17(25(34)35)16-37-22-12-24-21(11-23(22)38-20-13-27(30,31)14-20)33(18-7-5-4-6-8-18)15-19(32(3)39(24)36)9-10-26(2,28)29/h4-8,11-12,17,19-20H,9-10,13-16H2,1-3H3,(H,34,35). The van der Waals surface area contributed by atoms with Gasteiger partial charge in [0.15, 0.2) is 0 Å². The Morgan fingerprint density at radius 1 is 1.26 bits per heavy atom. The molecule has 214 valence electrons. The fourth-order valence-electron chi connectivity index (χ4n) is 4.50. The summed E-state index contributed by atoms with van der Waals surface area (Å²) in [5, 5.41) is 8.94. The number of para-hydroxylation sites is 1. The van der Waals surface area contributed by atoms with Crippen LogP contribution < -0.4 is 9.64 Å². The second-order valence-corrected chi connectivity index (χ2v) is 13.2. The van der Waals surface area contributed by atoms with Gasteiger partial charge in [-0.05, 0) is 38.5 Å². The van der Waals surface area contributed by atoms with Crippen molar-refractivity contribution in [3.8, 4) is 5.75 Å². The number of ether oxygens (including phenoxy) is 1. The molecule has 0 amide bonds. The van der Waals surface area contributed by atoms with Crippen LogP contribution in [0.2, 0.25) is 0 Å². The van der Waals surface area contributed by atoms with Crippen LogP contribution in [0.15, 0.2) is 52.3 Å². The number of alkyl halides is 4. The van der Waals surface area contributed by atoms with Gasteiger partial charge in [-0.2, -0.15) is 0 Å². The summed E-state index contributed by atoms with van der Waals surface area (Å²) < 4.78 is 76.1. The fourth-order valence-corrected chi connectivity index (χ4v) is 7.24. The van der Waals surface area contributed by atoms with Crippen LogP contribution in [-0.4, -0.2) is 62.9 Å². The number of nitrogens with zero attached hydrogens (tertiary/aromatic N) is 2. The minimum absolute atomic E-state index is 0.0985. The van der Waals surface area contributed by atoms with Gasteiger partial charge in [-0.15, -0.1) is 11.8 Å². The van der Waals surface area contributed by atoms with Gasteiger partial charge in [0.2, 0.25) is 11.8 Å². The zero-order valence-electron chi connectivity index (χ0n) is 21.9. The first-order valence-corrected chi connectivity index (χ1v) is 14.7. The van der Waals surface area contributed by atoms with E-state index in [1.54, 1.807) is 23.5 Å². The molecule has 0 radical (unpaired) electrons. The highest BCUT2D eigenvalue weighted by Crippen LogP contribution is 2.50. The summed E-state index contributed by atoms with van der Waals surface area (Å²) in [6.45, 7) is 2.46. The number of carboxylic acids is 1. The molecule has 1 heterocycles. The maximum atomic E-state index is 13.8. The fraction of sp³-hybridized carbons (Fsp3) is 0.519. The van der Waals surface area contributed by atoms with E-state index in [1.807, 2.05) is 35.2 Å². The van der Waals surface area contributed by atoms with E-state index >= 15 is 0 Å². The zero-order valence-corrected chi connectivity index (χ0v) is 23.5. The molecule has 1 fully saturated rings. The minimum atomic E-state index is -2.88. The van der Waals surface area contributed by atoms with E-state index in [2.05, 4.69) is 0 Å². The molecule has 2 aliphatic rings. The Balaban J connectivity index is 1.78. The predicted octanol–water partition coefficient (Wildman–Crippen LogP) is 6.59. The lowest BCUT2D eigenvalue weighted by atomic mass is 9.94. The SMILES string of the molecule is CC(COc1cc2c(cc1SC1CC(F)(F)C1)N(c1ccccc1)CC(CCC(C)(F)F)N(C)S2=O)C(=O)O. The number of anilines is 2. The van der Waals surface area contributed by atoms with Crippen molar-refractivity contribution in [2.24, 2.45) is 5.92 Å². The van der Waals surface area contributed by atoms with Crippen molar-refractivity contribution < 1.29 is 36.4 Å². The third-order valence-electron chi connectivity index (χ3n) is 6.91. The molecule has 6 nitrogen and oxygen atoms in total. The molecule has 2 aromatic carbocycles. The van der Waals surface area contributed by atoms with E-state index in [-0.39, 0.29) is 49.8 Å². The number of fused-ring (bicyclic) bond motifs is 1. The lowest BCUT2D eigenvalue weighted by molar-refractivity contribution is -0.142. The van der Waals surface area contributed by atoms with Gasteiger partial charge in [0.25, 0.3) is 0 Å². The summed E-state index contributed by atoms with van der Waals surface area (Å²) >= 11 is 1.22. The summed E-state index contributed by atoms with van der Waals surface area (Å²) in [6.07, 6.45) is -0.855. The van der Waals surface area contributed by atoms with Crippen molar-refractivity contribution >= 4 is 40.1 Å². The highest BCUT2D eigenvalue weighted by atomic mass is 32.2. The van der Waals surface area contributed by atoms with Gasteiger partial charge in [0.05, 0.1) is 21.4 Å². The molecule has 39 heavy (non-hydrogen) atoms. The molecule has 1 N–H and O–H groups in total. The Bertz CT molecular complexity index is 1200. The topological polar surface area (TPSA) is 70.1 Å². The number of hydrogen-bond acceptors (Lipinski definition) is 5. The molecule has 0 saturated heterocycles. The number of benzene rings is 2. The average Bonchev–Trinajstić information content (AvgIpc) is 2.94. The van der Waals surface area contributed by atoms with Crippen LogP contribution in [0.1, 0.15) is 39.5 Å². The molecule has 1 aliphatic heterocycles. The van der Waals surface area contributed by atoms with Gasteiger partial charge < -0.3 is 14.7 Å². The Labute approximate surface area is 232 Å². The van der Waals surface area contributed by atoms with Crippen LogP contribution in [0.4, 0.5) is 28.9 Å². The van der Waals surface area contributed by atoms with Gasteiger partial charge in [-0.1, -0.05) is 18.2 Å². The van der Waals surface area contributed by atoms with E-state index in [0.29, 0.717) is 15.5 Å². The van der Waals surface area contributed by atoms with E-state index in [0.717, 1.165) is 12.6 Å². The van der Waals surface area contributed by atoms with Crippen LogP contribution in [0, 0.1) is 5.92 Å². The molecule has 1 aliphatic carbocycles. The molecule has 3 atom stereocenters. The average molecular weight is 589 g/mol. The van der Waals surface area contributed by atoms with Crippen LogP contribution in [0.25, 0.3) is 0 Å². The van der Waals surface area contributed by atoms with Crippen molar-refractivity contribution in [3.05, 3.63) is 42.5 Å². The van der Waals surface area contributed by atoms with Crippen molar-refractivity contribution in [2.45, 2.75) is 72.5 Å². The van der Waals surface area contributed by atoms with E-state index in [4.69, 9.17) is 4.74 Å². The smallest absolute Gasteiger partial charge is 0.309 e. The number of carboxylic acid groups (broad SMARTS) is 1. The summed E-state index contributed by atoms with van der Waals surface area (Å²) in [5.74, 6) is -7.22. The molecular formula is C27H32F4N2O4S2. The highest BCUT2D eigenvalue weighted by molar-refractivity contribution is 8.00. The molecule has 2 aromatic rings. The van der Waals surface area contributed by atoms with Gasteiger partial charge in [-0.3, -0.25) is 4.79 Å². The van der Waals surface area contributed by atoms with Crippen molar-refractivity contribution in [3.63, 3.8) is 0 Å². The number of thioether (sulfide) groups is 1. The third kappa shape index (κ3) is 7.26. The second kappa shape index (κ2) is 11.7. The molecule has 3 unspecified atom stereocenters. The normalized spacial score (nSPS) is 22.5. The van der Waals surface area contributed by atoms with Crippen LogP contribution in [0.5, 0.6) is 5.75 Å². The van der Waals surface area contributed by atoms with Crippen molar-refractivity contribution in [1.82, 2.24) is 4.31 Å². The van der Waals surface area contributed by atoms with Gasteiger partial charge in [0.1, 0.15) is 23.3 Å². The molecule has 1 saturated carbocycles. The third-order valence-corrected chi connectivity index (χ3v) is 9.68. The first-order valence-electron chi connectivity index (χ1n) is 12.7.